The minimum absolute atomic E-state index is 0.0792. The first-order chi connectivity index (χ1) is 11.9. The fourth-order valence-electron chi connectivity index (χ4n) is 3.84. The van der Waals surface area contributed by atoms with Crippen LogP contribution in [0.5, 0.6) is 0 Å². The number of carbonyl (C=O) groups is 2. The molecule has 1 N–H and O–H groups in total. The Hall–Kier alpha value is -2.02. The standard InChI is InChI=1S/C19H21NO5/c1-19(2)18(23)14(20-7-9-24-10-8-20)13-15(21)11-5-3-4-6-12(11)16(22)17(13)25-19/h3-6,14,18,23H,7-10H2,1-2H3/t14-,18+/m0/s1. The van der Waals surface area contributed by atoms with Gasteiger partial charge in [-0.3, -0.25) is 14.5 Å². The van der Waals surface area contributed by atoms with E-state index in [1.165, 1.54) is 0 Å². The number of morpholine rings is 1. The highest BCUT2D eigenvalue weighted by molar-refractivity contribution is 6.26. The molecule has 1 aromatic carbocycles. The number of nitrogens with zero attached hydrogens (tertiary/aromatic N) is 1. The third kappa shape index (κ3) is 2.44. The van der Waals surface area contributed by atoms with Crippen molar-refractivity contribution >= 4 is 11.6 Å². The van der Waals surface area contributed by atoms with E-state index in [9.17, 15) is 14.7 Å². The number of rotatable bonds is 1. The molecule has 1 aromatic rings. The Labute approximate surface area is 146 Å². The lowest BCUT2D eigenvalue weighted by atomic mass is 9.77. The van der Waals surface area contributed by atoms with Crippen LogP contribution in [-0.4, -0.2) is 65.6 Å². The van der Waals surface area contributed by atoms with Crippen LogP contribution < -0.4 is 0 Å². The van der Waals surface area contributed by atoms with Crippen LogP contribution in [-0.2, 0) is 9.47 Å². The molecule has 2 heterocycles. The van der Waals surface area contributed by atoms with E-state index >= 15 is 0 Å². The number of allylic oxidation sites excluding steroid dienone is 1. The first-order valence-electron chi connectivity index (χ1n) is 8.53. The van der Waals surface area contributed by atoms with Gasteiger partial charge in [-0.2, -0.15) is 0 Å². The minimum atomic E-state index is -0.968. The van der Waals surface area contributed by atoms with Gasteiger partial charge in [0.15, 0.2) is 11.5 Å². The maximum Gasteiger partial charge on any atom is 0.228 e. The SMILES string of the molecule is CC1(C)OC2=C(C(=O)c3ccccc3C2=O)[C@H](N2CCOCC2)[C@H]1O. The molecule has 1 aliphatic carbocycles. The fourth-order valence-corrected chi connectivity index (χ4v) is 3.84. The molecule has 1 fully saturated rings. The average molecular weight is 343 g/mol. The van der Waals surface area contributed by atoms with E-state index < -0.39 is 17.7 Å². The van der Waals surface area contributed by atoms with Crippen molar-refractivity contribution in [2.45, 2.75) is 31.6 Å². The zero-order valence-electron chi connectivity index (χ0n) is 14.3. The summed E-state index contributed by atoms with van der Waals surface area (Å²) >= 11 is 0. The van der Waals surface area contributed by atoms with Gasteiger partial charge in [0, 0.05) is 24.2 Å². The number of ether oxygens (including phenoxy) is 2. The summed E-state index contributed by atoms with van der Waals surface area (Å²) in [4.78, 5) is 28.1. The van der Waals surface area contributed by atoms with Gasteiger partial charge in [0.25, 0.3) is 0 Å². The van der Waals surface area contributed by atoms with Gasteiger partial charge in [-0.05, 0) is 13.8 Å². The summed E-state index contributed by atoms with van der Waals surface area (Å²) in [7, 11) is 0. The molecule has 0 aromatic heterocycles. The molecule has 0 bridgehead atoms. The van der Waals surface area contributed by atoms with Crippen LogP contribution in [0.3, 0.4) is 0 Å². The molecular weight excluding hydrogens is 322 g/mol. The Morgan fingerprint density at radius 2 is 1.68 bits per heavy atom. The number of benzene rings is 1. The largest absolute Gasteiger partial charge is 0.480 e. The topological polar surface area (TPSA) is 76.1 Å². The van der Waals surface area contributed by atoms with Crippen LogP contribution in [0.2, 0.25) is 0 Å². The second kappa shape index (κ2) is 5.76. The third-order valence-electron chi connectivity index (χ3n) is 5.22. The summed E-state index contributed by atoms with van der Waals surface area (Å²) in [6.07, 6.45) is -0.925. The number of aliphatic hydroxyl groups excluding tert-OH is 1. The first kappa shape index (κ1) is 16.4. The summed E-state index contributed by atoms with van der Waals surface area (Å²) < 4.78 is 11.2. The Bertz CT molecular complexity index is 776. The van der Waals surface area contributed by atoms with Crippen molar-refractivity contribution in [1.29, 1.82) is 0 Å². The van der Waals surface area contributed by atoms with Gasteiger partial charge in [0.1, 0.15) is 11.7 Å². The lowest BCUT2D eigenvalue weighted by Gasteiger charge is -2.48. The summed E-state index contributed by atoms with van der Waals surface area (Å²) in [5, 5.41) is 10.9. The monoisotopic (exact) mass is 343 g/mol. The van der Waals surface area contributed by atoms with E-state index in [1.807, 2.05) is 4.90 Å². The van der Waals surface area contributed by atoms with Crippen LogP contribution in [0.15, 0.2) is 35.6 Å². The van der Waals surface area contributed by atoms with Crippen molar-refractivity contribution in [3.63, 3.8) is 0 Å². The second-order valence-corrected chi connectivity index (χ2v) is 7.19. The summed E-state index contributed by atoms with van der Waals surface area (Å²) in [5.41, 5.74) is 0.0425. The van der Waals surface area contributed by atoms with Crippen molar-refractivity contribution in [3.05, 3.63) is 46.7 Å². The van der Waals surface area contributed by atoms with Gasteiger partial charge in [0.05, 0.1) is 24.8 Å². The quantitative estimate of drug-likeness (QED) is 0.825. The van der Waals surface area contributed by atoms with Gasteiger partial charge in [-0.1, -0.05) is 24.3 Å². The van der Waals surface area contributed by atoms with Crippen LogP contribution in [0, 0.1) is 0 Å². The van der Waals surface area contributed by atoms with Crippen molar-refractivity contribution in [2.24, 2.45) is 0 Å². The number of carbonyl (C=O) groups excluding carboxylic acids is 2. The molecule has 6 heteroatoms. The molecular formula is C19H21NO5. The molecule has 0 spiro atoms. The molecule has 2 aliphatic heterocycles. The van der Waals surface area contributed by atoms with Crippen LogP contribution in [0.1, 0.15) is 34.6 Å². The lowest BCUT2D eigenvalue weighted by molar-refractivity contribution is -0.121. The molecule has 1 saturated heterocycles. The van der Waals surface area contributed by atoms with Crippen molar-refractivity contribution in [2.75, 3.05) is 26.3 Å². The number of Topliss-reactive ketones (excluding diaryl/α,β-unsaturated/α-hetero) is 2. The maximum atomic E-state index is 13.1. The number of hydrogen-bond acceptors (Lipinski definition) is 6. The van der Waals surface area contributed by atoms with Gasteiger partial charge >= 0.3 is 0 Å². The highest BCUT2D eigenvalue weighted by Gasteiger charge is 2.52. The van der Waals surface area contributed by atoms with Crippen LogP contribution >= 0.6 is 0 Å². The fraction of sp³-hybridized carbons (Fsp3) is 0.474. The Balaban J connectivity index is 1.87. The van der Waals surface area contributed by atoms with E-state index in [0.29, 0.717) is 37.4 Å². The molecule has 0 amide bonds. The van der Waals surface area contributed by atoms with Crippen molar-refractivity contribution in [1.82, 2.24) is 4.90 Å². The van der Waals surface area contributed by atoms with Crippen molar-refractivity contribution < 1.29 is 24.2 Å². The zero-order valence-corrected chi connectivity index (χ0v) is 14.3. The van der Waals surface area contributed by atoms with Gasteiger partial charge < -0.3 is 14.6 Å². The Morgan fingerprint density at radius 3 is 2.32 bits per heavy atom. The number of ketones is 2. The van der Waals surface area contributed by atoms with Gasteiger partial charge in [0.2, 0.25) is 5.78 Å². The highest BCUT2D eigenvalue weighted by atomic mass is 16.5. The smallest absolute Gasteiger partial charge is 0.228 e. The molecule has 2 atom stereocenters. The molecule has 0 saturated carbocycles. The number of aliphatic hydroxyl groups is 1. The first-order valence-corrected chi connectivity index (χ1v) is 8.53. The normalized spacial score (nSPS) is 29.1. The molecule has 0 radical (unpaired) electrons. The lowest BCUT2D eigenvalue weighted by Crippen LogP contribution is -2.61. The van der Waals surface area contributed by atoms with Gasteiger partial charge in [-0.15, -0.1) is 0 Å². The maximum absolute atomic E-state index is 13.1. The van der Waals surface area contributed by atoms with E-state index in [-0.39, 0.29) is 22.9 Å². The van der Waals surface area contributed by atoms with Crippen molar-refractivity contribution in [3.8, 4) is 0 Å². The van der Waals surface area contributed by atoms with Crippen LogP contribution in [0.4, 0.5) is 0 Å². The predicted molar refractivity (Wildman–Crippen MR) is 89.5 cm³/mol. The van der Waals surface area contributed by atoms with Gasteiger partial charge in [-0.25, -0.2) is 0 Å². The van der Waals surface area contributed by atoms with E-state index in [1.54, 1.807) is 38.1 Å². The Morgan fingerprint density at radius 1 is 1.08 bits per heavy atom. The molecule has 4 rings (SSSR count). The number of hydrogen-bond donors (Lipinski definition) is 1. The average Bonchev–Trinajstić information content (AvgIpc) is 2.62. The molecule has 3 aliphatic rings. The summed E-state index contributed by atoms with van der Waals surface area (Å²) in [6.45, 7) is 5.74. The highest BCUT2D eigenvalue weighted by Crippen LogP contribution is 2.40. The minimum Gasteiger partial charge on any atom is -0.480 e. The molecule has 25 heavy (non-hydrogen) atoms. The number of fused-ring (bicyclic) bond motifs is 1. The predicted octanol–water partition coefficient (Wildman–Crippen LogP) is 1.19. The molecule has 6 nitrogen and oxygen atoms in total. The van der Waals surface area contributed by atoms with E-state index in [0.717, 1.165) is 0 Å². The molecule has 132 valence electrons. The van der Waals surface area contributed by atoms with Crippen LogP contribution in [0.25, 0.3) is 0 Å². The third-order valence-corrected chi connectivity index (χ3v) is 5.22. The second-order valence-electron chi connectivity index (χ2n) is 7.19. The van der Waals surface area contributed by atoms with E-state index in [4.69, 9.17) is 9.47 Å². The zero-order chi connectivity index (χ0) is 17.8. The summed E-state index contributed by atoms with van der Waals surface area (Å²) in [6, 6.07) is 6.19. The summed E-state index contributed by atoms with van der Waals surface area (Å²) in [5.74, 6) is -0.449. The molecule has 0 unspecified atom stereocenters. The Kier molecular flexibility index (Phi) is 3.79. The van der Waals surface area contributed by atoms with E-state index in [2.05, 4.69) is 0 Å².